The molecule has 12 heavy (non-hydrogen) atoms. The van der Waals surface area contributed by atoms with E-state index in [1.54, 1.807) is 6.92 Å². The highest BCUT2D eigenvalue weighted by atomic mass is 32.1. The van der Waals surface area contributed by atoms with Gasteiger partial charge in [-0.3, -0.25) is 0 Å². The van der Waals surface area contributed by atoms with Crippen molar-refractivity contribution >= 4 is 18.0 Å². The average molecular weight is 187 g/mol. The number of imidazole rings is 1. The molecule has 0 unspecified atom stereocenters. The van der Waals surface area contributed by atoms with E-state index in [1.165, 1.54) is 4.57 Å². The predicted octanol–water partition coefficient (Wildman–Crippen LogP) is 1.78. The predicted molar refractivity (Wildman–Crippen MR) is 46.7 cm³/mol. The van der Waals surface area contributed by atoms with Gasteiger partial charge in [-0.2, -0.15) is 4.57 Å². The lowest BCUT2D eigenvalue weighted by atomic mass is 10.5. The first-order chi connectivity index (χ1) is 5.57. The van der Waals surface area contributed by atoms with Gasteiger partial charge in [-0.1, -0.05) is 0 Å². The van der Waals surface area contributed by atoms with Crippen molar-refractivity contribution in [1.82, 2.24) is 9.55 Å². The lowest BCUT2D eigenvalue weighted by Crippen LogP contribution is -2.01. The van der Waals surface area contributed by atoms with E-state index in [9.17, 15) is 10.1 Å². The molecule has 0 atom stereocenters. The highest BCUT2D eigenvalue weighted by Gasteiger charge is 2.17. The van der Waals surface area contributed by atoms with Gasteiger partial charge in [0.25, 0.3) is 4.77 Å². The van der Waals surface area contributed by atoms with Gasteiger partial charge in [0, 0.05) is 0 Å². The molecule has 0 fully saturated rings. The lowest BCUT2D eigenvalue weighted by Gasteiger charge is -1.96. The molecule has 1 aromatic rings. The fourth-order valence-corrected chi connectivity index (χ4v) is 1.48. The normalized spacial score (nSPS) is 10.2. The Morgan fingerprint density at radius 1 is 1.75 bits per heavy atom. The second-order valence-corrected chi connectivity index (χ2v) is 2.77. The lowest BCUT2D eigenvalue weighted by molar-refractivity contribution is -0.392. The quantitative estimate of drug-likeness (QED) is 0.436. The van der Waals surface area contributed by atoms with Gasteiger partial charge in [0.1, 0.15) is 5.69 Å². The molecule has 0 bridgehead atoms. The molecule has 0 saturated heterocycles. The summed E-state index contributed by atoms with van der Waals surface area (Å²) in [6.45, 7) is 3.97. The average Bonchev–Trinajstić information content (AvgIpc) is 2.24. The van der Waals surface area contributed by atoms with Gasteiger partial charge >= 0.3 is 5.82 Å². The monoisotopic (exact) mass is 187 g/mol. The third kappa shape index (κ3) is 1.25. The van der Waals surface area contributed by atoms with Crippen molar-refractivity contribution in [3.8, 4) is 0 Å². The number of nitrogens with zero attached hydrogens (tertiary/aromatic N) is 2. The largest absolute Gasteiger partial charge is 0.358 e. The van der Waals surface area contributed by atoms with Crippen molar-refractivity contribution in [3.63, 3.8) is 0 Å². The summed E-state index contributed by atoms with van der Waals surface area (Å²) in [4.78, 5) is 12.9. The number of nitrogens with one attached hydrogen (secondary N) is 1. The Morgan fingerprint density at radius 3 is 2.67 bits per heavy atom. The summed E-state index contributed by atoms with van der Waals surface area (Å²) in [5, 5.41) is 10.5. The van der Waals surface area contributed by atoms with Crippen LogP contribution in [0, 0.1) is 21.8 Å². The van der Waals surface area contributed by atoms with Crippen molar-refractivity contribution in [2.24, 2.45) is 0 Å². The van der Waals surface area contributed by atoms with Gasteiger partial charge in [-0.25, -0.2) is 0 Å². The van der Waals surface area contributed by atoms with Crippen LogP contribution in [0.3, 0.4) is 0 Å². The first kappa shape index (κ1) is 8.92. The minimum Gasteiger partial charge on any atom is -0.358 e. The van der Waals surface area contributed by atoms with Gasteiger partial charge in [0.2, 0.25) is 0 Å². The Bertz CT molecular complexity index is 365. The van der Waals surface area contributed by atoms with Crippen molar-refractivity contribution < 1.29 is 4.92 Å². The molecule has 0 spiro atoms. The summed E-state index contributed by atoms with van der Waals surface area (Å²) in [6, 6.07) is 0. The molecule has 66 valence electrons. The number of aromatic amines is 1. The molecule has 0 aliphatic carbocycles. The Labute approximate surface area is 74.2 Å². The number of aryl methyl sites for hydroxylation is 1. The molecule has 0 aliphatic rings. The smallest absolute Gasteiger partial charge is 0.344 e. The topological polar surface area (TPSA) is 63.9 Å². The minimum absolute atomic E-state index is 0.0579. The van der Waals surface area contributed by atoms with Crippen LogP contribution in [0.4, 0.5) is 5.82 Å². The zero-order valence-corrected chi connectivity index (χ0v) is 7.64. The molecular formula is C6H9N3O2S. The van der Waals surface area contributed by atoms with Crippen LogP contribution < -0.4 is 0 Å². The molecule has 0 saturated carbocycles. The molecule has 1 rings (SSSR count). The fraction of sp³-hybridized carbons (Fsp3) is 0.500. The minimum atomic E-state index is -0.425. The molecule has 1 N–H and O–H groups in total. The molecule has 0 aromatic carbocycles. The van der Waals surface area contributed by atoms with Gasteiger partial charge < -0.3 is 15.1 Å². The van der Waals surface area contributed by atoms with Crippen LogP contribution in [0.25, 0.3) is 0 Å². The number of nitro groups is 1. The highest BCUT2D eigenvalue weighted by molar-refractivity contribution is 7.71. The Balaban J connectivity index is 3.43. The Hall–Kier alpha value is -1.17. The summed E-state index contributed by atoms with van der Waals surface area (Å²) in [7, 11) is 0. The SMILES string of the molecule is CCn1c([N+](=O)[O-])c(C)[nH]c1=S. The summed E-state index contributed by atoms with van der Waals surface area (Å²) in [5.41, 5.74) is 0.506. The molecule has 6 heteroatoms. The first-order valence-corrected chi connectivity index (χ1v) is 3.92. The standard InChI is InChI=1S/C6H9N3O2S/c1-3-8-5(9(10)11)4(2)7-6(8)12/h3H2,1-2H3,(H,7,12). The highest BCUT2D eigenvalue weighted by Crippen LogP contribution is 2.16. The first-order valence-electron chi connectivity index (χ1n) is 3.51. The number of aromatic nitrogens is 2. The van der Waals surface area contributed by atoms with Crippen molar-refractivity contribution in [3.05, 3.63) is 20.6 Å². The van der Waals surface area contributed by atoms with Crippen LogP contribution in [-0.2, 0) is 6.54 Å². The number of hydrogen-bond donors (Lipinski definition) is 1. The molecule has 0 aliphatic heterocycles. The third-order valence-electron chi connectivity index (χ3n) is 1.62. The second kappa shape index (κ2) is 3.06. The Kier molecular flexibility index (Phi) is 2.27. The van der Waals surface area contributed by atoms with E-state index in [4.69, 9.17) is 12.2 Å². The Morgan fingerprint density at radius 2 is 2.33 bits per heavy atom. The van der Waals surface area contributed by atoms with Crippen LogP contribution in [-0.4, -0.2) is 14.5 Å². The van der Waals surface area contributed by atoms with Crippen LogP contribution in [0.15, 0.2) is 0 Å². The van der Waals surface area contributed by atoms with Gasteiger partial charge in [-0.15, -0.1) is 0 Å². The number of H-pyrrole nitrogens is 1. The zero-order chi connectivity index (χ0) is 9.30. The van der Waals surface area contributed by atoms with E-state index in [0.717, 1.165) is 0 Å². The van der Waals surface area contributed by atoms with Crippen molar-refractivity contribution in [2.75, 3.05) is 0 Å². The summed E-state index contributed by atoms with van der Waals surface area (Å²) < 4.78 is 1.87. The number of rotatable bonds is 2. The molecule has 1 heterocycles. The van der Waals surface area contributed by atoms with Crippen molar-refractivity contribution in [1.29, 1.82) is 0 Å². The van der Waals surface area contributed by atoms with Crippen LogP contribution in [0.1, 0.15) is 12.6 Å². The van der Waals surface area contributed by atoms with E-state index in [0.29, 0.717) is 17.0 Å². The van der Waals surface area contributed by atoms with Gasteiger partial charge in [0.05, 0.1) is 6.54 Å². The molecule has 1 aromatic heterocycles. The summed E-state index contributed by atoms with van der Waals surface area (Å²) in [6.07, 6.45) is 0. The van der Waals surface area contributed by atoms with Gasteiger partial charge in [0.15, 0.2) is 0 Å². The van der Waals surface area contributed by atoms with Crippen LogP contribution in [0.5, 0.6) is 0 Å². The second-order valence-electron chi connectivity index (χ2n) is 2.38. The van der Waals surface area contributed by atoms with E-state index in [2.05, 4.69) is 4.98 Å². The maximum Gasteiger partial charge on any atom is 0.344 e. The summed E-state index contributed by atoms with van der Waals surface area (Å²) >= 11 is 4.88. The molecule has 0 radical (unpaired) electrons. The molecule has 0 amide bonds. The fourth-order valence-electron chi connectivity index (χ4n) is 1.11. The number of hydrogen-bond acceptors (Lipinski definition) is 3. The van der Waals surface area contributed by atoms with Crippen LogP contribution >= 0.6 is 12.2 Å². The van der Waals surface area contributed by atoms with E-state index in [1.807, 2.05) is 6.92 Å². The maximum absolute atomic E-state index is 10.5. The zero-order valence-electron chi connectivity index (χ0n) is 6.83. The van der Waals surface area contributed by atoms with E-state index in [-0.39, 0.29) is 5.82 Å². The van der Waals surface area contributed by atoms with E-state index < -0.39 is 4.92 Å². The molecular weight excluding hydrogens is 178 g/mol. The van der Waals surface area contributed by atoms with Crippen LogP contribution in [0.2, 0.25) is 0 Å². The summed E-state index contributed by atoms with van der Waals surface area (Å²) in [5.74, 6) is 0.0579. The van der Waals surface area contributed by atoms with Crippen molar-refractivity contribution in [2.45, 2.75) is 20.4 Å². The molecule has 5 nitrogen and oxygen atoms in total. The maximum atomic E-state index is 10.5. The van der Waals surface area contributed by atoms with E-state index >= 15 is 0 Å². The van der Waals surface area contributed by atoms with Gasteiger partial charge in [-0.05, 0) is 31.0 Å². The third-order valence-corrected chi connectivity index (χ3v) is 1.94.